The summed E-state index contributed by atoms with van der Waals surface area (Å²) in [5.41, 5.74) is 0.879. The number of hydrogen-bond acceptors (Lipinski definition) is 5. The molecule has 1 N–H and O–H groups in total. The van der Waals surface area contributed by atoms with Gasteiger partial charge in [-0.1, -0.05) is 43.0 Å². The van der Waals surface area contributed by atoms with Gasteiger partial charge in [0.15, 0.2) is 0 Å². The molecule has 0 spiro atoms. The van der Waals surface area contributed by atoms with E-state index < -0.39 is 18.0 Å². The Morgan fingerprint density at radius 2 is 2.00 bits per heavy atom. The quantitative estimate of drug-likeness (QED) is 0.431. The van der Waals surface area contributed by atoms with Gasteiger partial charge >= 0.3 is 11.9 Å². The summed E-state index contributed by atoms with van der Waals surface area (Å²) in [4.78, 5) is 25.5. The summed E-state index contributed by atoms with van der Waals surface area (Å²) in [7, 11) is 0. The minimum absolute atomic E-state index is 0.0681. The van der Waals surface area contributed by atoms with E-state index >= 15 is 0 Å². The van der Waals surface area contributed by atoms with E-state index in [1.54, 1.807) is 0 Å². The van der Waals surface area contributed by atoms with Crippen LogP contribution in [0.4, 0.5) is 0 Å². The zero-order chi connectivity index (χ0) is 15.5. The van der Waals surface area contributed by atoms with Crippen molar-refractivity contribution in [3.8, 4) is 0 Å². The molecule has 1 rings (SSSR count). The summed E-state index contributed by atoms with van der Waals surface area (Å²) in [5, 5.41) is 0. The number of esters is 2. The number of benzene rings is 1. The van der Waals surface area contributed by atoms with Gasteiger partial charge in [0.2, 0.25) is 0 Å². The lowest BCUT2D eigenvalue weighted by atomic mass is 10.1. The van der Waals surface area contributed by atoms with Crippen LogP contribution in [0.3, 0.4) is 0 Å². The molecule has 0 bridgehead atoms. The SMILES string of the molecule is C=CCOC(=O)CC[C@H](NCl)C(=O)OCc1ccccc1. The predicted molar refractivity (Wildman–Crippen MR) is 79.4 cm³/mol. The highest BCUT2D eigenvalue weighted by Gasteiger charge is 2.20. The van der Waals surface area contributed by atoms with Gasteiger partial charge in [0.1, 0.15) is 19.3 Å². The van der Waals surface area contributed by atoms with Gasteiger partial charge in [-0.15, -0.1) is 0 Å². The zero-order valence-corrected chi connectivity index (χ0v) is 12.3. The van der Waals surface area contributed by atoms with Crippen LogP contribution in [-0.4, -0.2) is 24.6 Å². The van der Waals surface area contributed by atoms with Gasteiger partial charge in [-0.25, -0.2) is 4.84 Å². The second kappa shape index (κ2) is 9.96. The van der Waals surface area contributed by atoms with Crippen molar-refractivity contribution in [3.05, 3.63) is 48.6 Å². The fourth-order valence-corrected chi connectivity index (χ4v) is 1.73. The first-order chi connectivity index (χ1) is 10.2. The van der Waals surface area contributed by atoms with E-state index in [1.165, 1.54) is 6.08 Å². The van der Waals surface area contributed by atoms with Crippen LogP contribution >= 0.6 is 11.8 Å². The van der Waals surface area contributed by atoms with E-state index in [4.69, 9.17) is 21.3 Å². The Kier molecular flexibility index (Phi) is 8.16. The summed E-state index contributed by atoms with van der Waals surface area (Å²) < 4.78 is 9.96. The molecular weight excluding hydrogens is 294 g/mol. The summed E-state index contributed by atoms with van der Waals surface area (Å²) in [6, 6.07) is 8.54. The monoisotopic (exact) mass is 311 g/mol. The summed E-state index contributed by atoms with van der Waals surface area (Å²) in [6.07, 6.45) is 1.75. The normalized spacial score (nSPS) is 11.5. The highest BCUT2D eigenvalue weighted by molar-refractivity contribution is 6.14. The highest BCUT2D eigenvalue weighted by atomic mass is 35.5. The van der Waals surface area contributed by atoms with E-state index in [-0.39, 0.29) is 26.1 Å². The second-order valence-corrected chi connectivity index (χ2v) is 4.48. The first-order valence-corrected chi connectivity index (χ1v) is 6.88. The van der Waals surface area contributed by atoms with Crippen LogP contribution in [0.2, 0.25) is 0 Å². The number of carbonyl (C=O) groups is 2. The van der Waals surface area contributed by atoms with Crippen molar-refractivity contribution in [2.45, 2.75) is 25.5 Å². The van der Waals surface area contributed by atoms with Crippen LogP contribution in [0.1, 0.15) is 18.4 Å². The molecule has 0 fully saturated rings. The molecule has 0 aliphatic heterocycles. The average molecular weight is 312 g/mol. The number of carbonyl (C=O) groups excluding carboxylic acids is 2. The molecule has 0 aromatic heterocycles. The molecule has 21 heavy (non-hydrogen) atoms. The average Bonchev–Trinajstić information content (AvgIpc) is 2.52. The fourth-order valence-electron chi connectivity index (χ4n) is 1.53. The highest BCUT2D eigenvalue weighted by Crippen LogP contribution is 2.06. The van der Waals surface area contributed by atoms with Crippen molar-refractivity contribution in [2.75, 3.05) is 6.61 Å². The van der Waals surface area contributed by atoms with Gasteiger partial charge in [0.05, 0.1) is 0 Å². The first kappa shape index (κ1) is 17.2. The number of halogens is 1. The molecule has 1 aromatic rings. The Labute approximate surface area is 129 Å². The van der Waals surface area contributed by atoms with Gasteiger partial charge in [-0.2, -0.15) is 0 Å². The molecule has 5 nitrogen and oxygen atoms in total. The Morgan fingerprint density at radius 1 is 1.29 bits per heavy atom. The smallest absolute Gasteiger partial charge is 0.324 e. The maximum atomic E-state index is 11.8. The molecule has 0 radical (unpaired) electrons. The van der Waals surface area contributed by atoms with Crippen LogP contribution in [-0.2, 0) is 25.7 Å². The standard InChI is InChI=1S/C15H18ClNO4/c1-2-10-20-14(18)9-8-13(17-16)15(19)21-11-12-6-4-3-5-7-12/h2-7,13,17H,1,8-11H2/t13-/m0/s1. The summed E-state index contributed by atoms with van der Waals surface area (Å²) >= 11 is 5.51. The third-order valence-corrected chi connectivity index (χ3v) is 2.90. The van der Waals surface area contributed by atoms with E-state index in [0.29, 0.717) is 0 Å². The van der Waals surface area contributed by atoms with Crippen molar-refractivity contribution < 1.29 is 19.1 Å². The molecule has 1 atom stereocenters. The third kappa shape index (κ3) is 6.92. The molecule has 1 aromatic carbocycles. The first-order valence-electron chi connectivity index (χ1n) is 6.50. The minimum atomic E-state index is -0.758. The topological polar surface area (TPSA) is 64.6 Å². The number of nitrogens with one attached hydrogen (secondary N) is 1. The lowest BCUT2D eigenvalue weighted by Crippen LogP contribution is -2.33. The van der Waals surface area contributed by atoms with E-state index in [2.05, 4.69) is 11.4 Å². The van der Waals surface area contributed by atoms with E-state index in [9.17, 15) is 9.59 Å². The van der Waals surface area contributed by atoms with Crippen molar-refractivity contribution >= 4 is 23.7 Å². The number of rotatable bonds is 9. The van der Waals surface area contributed by atoms with Gasteiger partial charge in [0, 0.05) is 6.42 Å². The Hall–Kier alpha value is -1.85. The zero-order valence-electron chi connectivity index (χ0n) is 11.6. The summed E-state index contributed by atoms with van der Waals surface area (Å²) in [6.45, 7) is 3.75. The van der Waals surface area contributed by atoms with E-state index in [0.717, 1.165) is 5.56 Å². The lowest BCUT2D eigenvalue weighted by molar-refractivity contribution is -0.148. The van der Waals surface area contributed by atoms with Gasteiger partial charge in [-0.3, -0.25) is 9.59 Å². The summed E-state index contributed by atoms with van der Waals surface area (Å²) in [5.74, 6) is -0.923. The Morgan fingerprint density at radius 3 is 2.62 bits per heavy atom. The van der Waals surface area contributed by atoms with Crippen molar-refractivity contribution in [1.82, 2.24) is 4.84 Å². The maximum Gasteiger partial charge on any atom is 0.324 e. The third-order valence-electron chi connectivity index (χ3n) is 2.64. The maximum absolute atomic E-state index is 11.8. The van der Waals surface area contributed by atoms with Crippen LogP contribution in [0.15, 0.2) is 43.0 Å². The molecule has 6 heteroatoms. The van der Waals surface area contributed by atoms with Gasteiger partial charge in [-0.05, 0) is 23.8 Å². The van der Waals surface area contributed by atoms with Gasteiger partial charge in [0.25, 0.3) is 0 Å². The largest absolute Gasteiger partial charge is 0.461 e. The molecule has 0 saturated heterocycles. The van der Waals surface area contributed by atoms with Crippen LogP contribution in [0.25, 0.3) is 0 Å². The van der Waals surface area contributed by atoms with Crippen molar-refractivity contribution in [3.63, 3.8) is 0 Å². The van der Waals surface area contributed by atoms with Crippen LogP contribution in [0.5, 0.6) is 0 Å². The Bertz CT molecular complexity index is 464. The fraction of sp³-hybridized carbons (Fsp3) is 0.333. The lowest BCUT2D eigenvalue weighted by Gasteiger charge is -2.13. The van der Waals surface area contributed by atoms with E-state index in [1.807, 2.05) is 30.3 Å². The molecule has 0 aliphatic carbocycles. The number of ether oxygens (including phenoxy) is 2. The second-order valence-electron chi connectivity index (χ2n) is 4.27. The number of hydrogen-bond donors (Lipinski definition) is 1. The van der Waals surface area contributed by atoms with Crippen molar-refractivity contribution in [2.24, 2.45) is 0 Å². The van der Waals surface area contributed by atoms with Crippen LogP contribution < -0.4 is 4.84 Å². The molecular formula is C15H18ClNO4. The molecule has 0 saturated carbocycles. The molecule has 0 aliphatic rings. The minimum Gasteiger partial charge on any atom is -0.461 e. The Balaban J connectivity index is 2.35. The van der Waals surface area contributed by atoms with Gasteiger partial charge < -0.3 is 9.47 Å². The van der Waals surface area contributed by atoms with Crippen molar-refractivity contribution in [1.29, 1.82) is 0 Å². The predicted octanol–water partition coefficient (Wildman–Crippen LogP) is 2.35. The molecule has 0 heterocycles. The van der Waals surface area contributed by atoms with Crippen LogP contribution in [0, 0.1) is 0 Å². The molecule has 114 valence electrons. The molecule has 0 amide bonds. The molecule has 0 unspecified atom stereocenters.